The fraction of sp³-hybridized carbons (Fsp3) is 0.632. The normalized spacial score (nSPS) is 17.6. The van der Waals surface area contributed by atoms with Gasteiger partial charge in [0, 0.05) is 45.9 Å². The number of piperazine rings is 1. The summed E-state index contributed by atoms with van der Waals surface area (Å²) in [6.07, 6.45) is 0. The first-order chi connectivity index (χ1) is 12.1. The van der Waals surface area contributed by atoms with Crippen LogP contribution in [0.5, 0.6) is 0 Å². The number of benzene rings is 1. The number of nitrogens with one attached hydrogen (secondary N) is 1. The first kappa shape index (κ1) is 23.1. The third-order valence-electron chi connectivity index (χ3n) is 4.66. The molecule has 1 atom stereocenters. The molecule has 1 unspecified atom stereocenters. The van der Waals surface area contributed by atoms with Crippen molar-refractivity contribution in [2.24, 2.45) is 10.7 Å². The van der Waals surface area contributed by atoms with E-state index in [9.17, 15) is 0 Å². The molecule has 6 nitrogen and oxygen atoms in total. The van der Waals surface area contributed by atoms with Crippen LogP contribution in [0.2, 0.25) is 0 Å². The van der Waals surface area contributed by atoms with Crippen molar-refractivity contribution in [3.63, 3.8) is 0 Å². The minimum Gasteiger partial charge on any atom is -0.383 e. The molecule has 26 heavy (non-hydrogen) atoms. The highest BCUT2D eigenvalue weighted by Crippen LogP contribution is 2.14. The van der Waals surface area contributed by atoms with Crippen LogP contribution in [0.25, 0.3) is 0 Å². The molecular formula is C19H34IN5O. The minimum absolute atomic E-state index is 0. The van der Waals surface area contributed by atoms with E-state index in [0.29, 0.717) is 19.1 Å². The van der Waals surface area contributed by atoms with E-state index in [1.165, 1.54) is 11.1 Å². The van der Waals surface area contributed by atoms with Crippen LogP contribution in [0.15, 0.2) is 29.3 Å². The summed E-state index contributed by atoms with van der Waals surface area (Å²) in [4.78, 5) is 9.52. The first-order valence-electron chi connectivity index (χ1n) is 9.19. The van der Waals surface area contributed by atoms with Crippen molar-refractivity contribution >= 4 is 29.9 Å². The van der Waals surface area contributed by atoms with Crippen molar-refractivity contribution in [1.29, 1.82) is 0 Å². The van der Waals surface area contributed by atoms with Crippen molar-refractivity contribution in [3.05, 3.63) is 35.4 Å². The van der Waals surface area contributed by atoms with Crippen LogP contribution >= 0.6 is 24.0 Å². The van der Waals surface area contributed by atoms with Gasteiger partial charge in [0.2, 0.25) is 0 Å². The van der Waals surface area contributed by atoms with E-state index in [2.05, 4.69) is 51.3 Å². The number of halogens is 1. The molecule has 0 amide bonds. The van der Waals surface area contributed by atoms with Gasteiger partial charge in [0.1, 0.15) is 0 Å². The fourth-order valence-electron chi connectivity index (χ4n) is 3.13. The Morgan fingerprint density at radius 2 is 1.81 bits per heavy atom. The number of methoxy groups -OCH3 is 1. The predicted molar refractivity (Wildman–Crippen MR) is 119 cm³/mol. The van der Waals surface area contributed by atoms with Crippen LogP contribution in [0.4, 0.5) is 0 Å². The van der Waals surface area contributed by atoms with Gasteiger partial charge in [0.05, 0.1) is 13.2 Å². The molecule has 3 N–H and O–H groups in total. The number of likely N-dealkylation sites (N-methyl/N-ethyl adjacent to an activating group) is 1. The Kier molecular flexibility index (Phi) is 11.1. The lowest BCUT2D eigenvalue weighted by Crippen LogP contribution is -2.45. The summed E-state index contributed by atoms with van der Waals surface area (Å²) in [6, 6.07) is 8.67. The molecule has 1 saturated heterocycles. The molecule has 1 aliphatic rings. The Labute approximate surface area is 175 Å². The molecule has 1 fully saturated rings. The third-order valence-corrected chi connectivity index (χ3v) is 4.66. The minimum atomic E-state index is 0. The molecule has 7 heteroatoms. The van der Waals surface area contributed by atoms with Crippen molar-refractivity contribution in [1.82, 2.24) is 15.1 Å². The van der Waals surface area contributed by atoms with Gasteiger partial charge in [-0.25, -0.2) is 4.99 Å². The van der Waals surface area contributed by atoms with E-state index in [-0.39, 0.29) is 30.0 Å². The van der Waals surface area contributed by atoms with Crippen LogP contribution in [-0.2, 0) is 17.8 Å². The topological polar surface area (TPSA) is 66.1 Å². The van der Waals surface area contributed by atoms with E-state index in [1.807, 2.05) is 6.92 Å². The van der Waals surface area contributed by atoms with Crippen LogP contribution in [0, 0.1) is 0 Å². The molecule has 2 rings (SSSR count). The maximum atomic E-state index is 5.99. The van der Waals surface area contributed by atoms with E-state index in [1.54, 1.807) is 7.11 Å². The Hall–Kier alpha value is -0.900. The summed E-state index contributed by atoms with van der Waals surface area (Å²) in [7, 11) is 1.68. The standard InChI is InChI=1S/C19H33N5O.HI/c1-4-23-9-11-24(12-10-23)14-18-8-6-5-7-17(18)13-21-19(20)22-16(2)15-25-3;/h5-8,16H,4,9-15H2,1-3H3,(H3,20,21,22);1H. The van der Waals surface area contributed by atoms with Gasteiger partial charge in [-0.3, -0.25) is 4.90 Å². The lowest BCUT2D eigenvalue weighted by molar-refractivity contribution is 0.131. The Bertz CT molecular complexity index is 546. The number of aliphatic imine (C=N–C) groups is 1. The highest BCUT2D eigenvalue weighted by atomic mass is 127. The molecule has 0 saturated carbocycles. The van der Waals surface area contributed by atoms with Crippen molar-refractivity contribution in [2.45, 2.75) is 33.0 Å². The zero-order valence-electron chi connectivity index (χ0n) is 16.3. The molecule has 0 aromatic heterocycles. The summed E-state index contributed by atoms with van der Waals surface area (Å²) in [6.45, 7) is 12.2. The molecule has 1 heterocycles. The van der Waals surface area contributed by atoms with E-state index < -0.39 is 0 Å². The monoisotopic (exact) mass is 475 g/mol. The average molecular weight is 475 g/mol. The predicted octanol–water partition coefficient (Wildman–Crippen LogP) is 1.88. The maximum Gasteiger partial charge on any atom is 0.189 e. The van der Waals surface area contributed by atoms with Gasteiger partial charge in [0.25, 0.3) is 0 Å². The smallest absolute Gasteiger partial charge is 0.189 e. The number of guanidine groups is 1. The van der Waals surface area contributed by atoms with Crippen LogP contribution in [0.1, 0.15) is 25.0 Å². The quantitative estimate of drug-likeness (QED) is 0.342. The molecule has 148 valence electrons. The molecule has 0 spiro atoms. The van der Waals surface area contributed by atoms with Crippen LogP contribution < -0.4 is 11.1 Å². The van der Waals surface area contributed by atoms with E-state index >= 15 is 0 Å². The van der Waals surface area contributed by atoms with Gasteiger partial charge in [-0.05, 0) is 24.6 Å². The summed E-state index contributed by atoms with van der Waals surface area (Å²) < 4.78 is 5.10. The second-order valence-corrected chi connectivity index (χ2v) is 6.68. The molecular weight excluding hydrogens is 441 g/mol. The Balaban J connectivity index is 0.00000338. The Morgan fingerprint density at radius 3 is 2.42 bits per heavy atom. The van der Waals surface area contributed by atoms with Gasteiger partial charge < -0.3 is 20.7 Å². The number of rotatable bonds is 8. The second-order valence-electron chi connectivity index (χ2n) is 6.68. The second kappa shape index (κ2) is 12.5. The summed E-state index contributed by atoms with van der Waals surface area (Å²) in [5, 5.41) is 3.15. The van der Waals surface area contributed by atoms with E-state index in [4.69, 9.17) is 10.5 Å². The number of hydrogen-bond donors (Lipinski definition) is 2. The SMILES string of the molecule is CCN1CCN(Cc2ccccc2CN=C(N)NC(C)COC)CC1.I. The molecule has 0 aliphatic carbocycles. The molecule has 1 aliphatic heterocycles. The molecule has 1 aromatic rings. The highest BCUT2D eigenvalue weighted by Gasteiger charge is 2.16. The Morgan fingerprint density at radius 1 is 1.19 bits per heavy atom. The largest absolute Gasteiger partial charge is 0.383 e. The summed E-state index contributed by atoms with van der Waals surface area (Å²) >= 11 is 0. The number of nitrogens with zero attached hydrogens (tertiary/aromatic N) is 3. The van der Waals surface area contributed by atoms with Gasteiger partial charge in [-0.1, -0.05) is 31.2 Å². The number of hydrogen-bond acceptors (Lipinski definition) is 4. The van der Waals surface area contributed by atoms with Crippen molar-refractivity contribution in [3.8, 4) is 0 Å². The van der Waals surface area contributed by atoms with Gasteiger partial charge in [0.15, 0.2) is 5.96 Å². The van der Waals surface area contributed by atoms with Gasteiger partial charge >= 0.3 is 0 Å². The first-order valence-corrected chi connectivity index (χ1v) is 9.19. The van der Waals surface area contributed by atoms with Crippen LogP contribution in [-0.4, -0.2) is 68.2 Å². The third kappa shape index (κ3) is 7.77. The molecule has 0 bridgehead atoms. The molecule has 1 aromatic carbocycles. The van der Waals surface area contributed by atoms with E-state index in [0.717, 1.165) is 39.3 Å². The zero-order chi connectivity index (χ0) is 18.1. The highest BCUT2D eigenvalue weighted by molar-refractivity contribution is 14.0. The van der Waals surface area contributed by atoms with Gasteiger partial charge in [-0.2, -0.15) is 0 Å². The van der Waals surface area contributed by atoms with Crippen LogP contribution in [0.3, 0.4) is 0 Å². The maximum absolute atomic E-state index is 5.99. The lowest BCUT2D eigenvalue weighted by atomic mass is 10.1. The zero-order valence-corrected chi connectivity index (χ0v) is 18.6. The van der Waals surface area contributed by atoms with Crippen molar-refractivity contribution in [2.75, 3.05) is 46.4 Å². The average Bonchev–Trinajstić information content (AvgIpc) is 2.62. The number of ether oxygens (including phenoxy) is 1. The fourth-order valence-corrected chi connectivity index (χ4v) is 3.13. The summed E-state index contributed by atoms with van der Waals surface area (Å²) in [5.41, 5.74) is 8.57. The number of nitrogens with two attached hydrogens (primary N) is 1. The van der Waals surface area contributed by atoms with Crippen molar-refractivity contribution < 1.29 is 4.74 Å². The summed E-state index contributed by atoms with van der Waals surface area (Å²) in [5.74, 6) is 0.468. The molecule has 0 radical (unpaired) electrons. The lowest BCUT2D eigenvalue weighted by Gasteiger charge is -2.34. The van der Waals surface area contributed by atoms with Gasteiger partial charge in [-0.15, -0.1) is 24.0 Å².